The number of nitrogens with two attached hydrogens (primary N) is 3. The minimum atomic E-state index is -1.83. The van der Waals surface area contributed by atoms with Crippen LogP contribution in [0.5, 0.6) is 5.75 Å². The SMILES string of the molecule is NCCC[C@H]1c2ccc3c(c[nH]c3c2)[C@H]2Oc3cccc4cc([nH]c34)C[C@H](N)C(=O)N[C@@H](CC(N)=O)C(=O)N[C@@H]2C(=O)N[C@@H](CO)C(=O)N[C@@H]1C(=O)N[C@@H](CO)C(=O)N[C@@H](Cc1ccccc1)C(=O)O. The van der Waals surface area contributed by atoms with E-state index in [1.807, 2.05) is 0 Å². The highest BCUT2D eigenvalue weighted by atomic mass is 16.5. The van der Waals surface area contributed by atoms with Crippen molar-refractivity contribution in [1.29, 1.82) is 0 Å². The van der Waals surface area contributed by atoms with E-state index in [9.17, 15) is 53.7 Å². The second-order valence-corrected chi connectivity index (χ2v) is 17.2. The van der Waals surface area contributed by atoms with Gasteiger partial charge in [-0.25, -0.2) is 4.79 Å². The van der Waals surface area contributed by atoms with E-state index in [2.05, 4.69) is 41.9 Å². The normalized spacial score (nSPS) is 22.8. The lowest BCUT2D eigenvalue weighted by molar-refractivity contribution is -0.142. The van der Waals surface area contributed by atoms with Gasteiger partial charge in [-0.1, -0.05) is 54.6 Å². The van der Waals surface area contributed by atoms with Gasteiger partial charge >= 0.3 is 5.97 Å². The molecule has 2 aromatic heterocycles. The number of aromatic nitrogens is 2. The largest absolute Gasteiger partial charge is 0.481 e. The van der Waals surface area contributed by atoms with Crippen LogP contribution in [0.15, 0.2) is 79.0 Å². The second-order valence-electron chi connectivity index (χ2n) is 17.2. The number of benzene rings is 3. The molecule has 23 heteroatoms. The van der Waals surface area contributed by atoms with Crippen molar-refractivity contribution in [2.24, 2.45) is 17.2 Å². The summed E-state index contributed by atoms with van der Waals surface area (Å²) >= 11 is 0. The van der Waals surface area contributed by atoms with E-state index in [0.717, 1.165) is 0 Å². The van der Waals surface area contributed by atoms with Crippen molar-refractivity contribution in [2.75, 3.05) is 19.8 Å². The number of carboxylic acid groups (broad SMARTS) is 1. The molecule has 5 aromatic rings. The molecule has 23 nitrogen and oxygen atoms in total. The first-order chi connectivity index (χ1) is 33.6. The number of ether oxygens (including phenoxy) is 1. The number of rotatable bonds is 14. The zero-order chi connectivity index (χ0) is 50.2. The molecule has 0 aliphatic carbocycles. The quantitative estimate of drug-likeness (QED) is 0.0551. The van der Waals surface area contributed by atoms with E-state index >= 15 is 0 Å². The first kappa shape index (κ1) is 50.0. The molecule has 3 aliphatic rings. The fourth-order valence-electron chi connectivity index (χ4n) is 8.73. The maximum Gasteiger partial charge on any atom is 0.326 e. The van der Waals surface area contributed by atoms with E-state index in [0.29, 0.717) is 50.6 Å². The number of aliphatic carboxylic acids is 1. The Morgan fingerprint density at radius 2 is 1.57 bits per heavy atom. The molecule has 7 amide bonds. The highest BCUT2D eigenvalue weighted by Gasteiger charge is 2.42. The van der Waals surface area contributed by atoms with Crippen LogP contribution in [0.2, 0.25) is 0 Å². The molecule has 9 atom stereocenters. The zero-order valence-corrected chi connectivity index (χ0v) is 37.6. The third-order valence-electron chi connectivity index (χ3n) is 12.3. The van der Waals surface area contributed by atoms with E-state index < -0.39 is 121 Å². The smallest absolute Gasteiger partial charge is 0.326 e. The summed E-state index contributed by atoms with van der Waals surface area (Å²) in [4.78, 5) is 116. The van der Waals surface area contributed by atoms with Crippen LogP contribution in [-0.2, 0) is 51.2 Å². The number of aliphatic hydroxyl groups is 2. The summed E-state index contributed by atoms with van der Waals surface area (Å²) in [7, 11) is 0. The Balaban J connectivity index is 1.31. The number of hydrogen-bond donors (Lipinski definition) is 14. The summed E-state index contributed by atoms with van der Waals surface area (Å²) in [5.74, 6) is -9.21. The Hall–Kier alpha value is -7.86. The number of carbonyl (C=O) groups excluding carboxylic acids is 7. The Kier molecular flexibility index (Phi) is 15.8. The van der Waals surface area contributed by atoms with Gasteiger partial charge in [-0.3, -0.25) is 33.6 Å². The molecule has 0 unspecified atom stereocenters. The lowest BCUT2D eigenvalue weighted by atomic mass is 9.85. The predicted octanol–water partition coefficient (Wildman–Crippen LogP) is -2.42. The second kappa shape index (κ2) is 22.1. The van der Waals surface area contributed by atoms with Crippen LogP contribution < -0.4 is 53.8 Å². The number of fused-ring (bicyclic) bond motifs is 8. The van der Waals surface area contributed by atoms with E-state index in [4.69, 9.17) is 21.9 Å². The summed E-state index contributed by atoms with van der Waals surface area (Å²) in [6.45, 7) is -1.89. The number of para-hydroxylation sites is 1. The summed E-state index contributed by atoms with van der Waals surface area (Å²) in [6, 6.07) is 9.03. The van der Waals surface area contributed by atoms with Gasteiger partial charge in [-0.15, -0.1) is 0 Å². The Morgan fingerprint density at radius 1 is 0.829 bits per heavy atom. The lowest BCUT2D eigenvalue weighted by Crippen LogP contribution is -2.62. The van der Waals surface area contributed by atoms with Crippen molar-refractivity contribution in [2.45, 2.75) is 86.4 Å². The standard InChI is InChI=1S/C47H55N11O12/c48-13-5-9-26-23-11-12-27-28(19-51-30(27)16-23)40-39(58-42(63)31(18-36(50)61)53-41(62)29(49)17-25-15-24-8-4-10-35(70-40)37(24)52-25)46(67)56-34(21-60)44(65)57-38(26)45(66)55-33(20-59)43(64)54-32(47(68)69)14-22-6-2-1-3-7-22/h1-4,6-8,10-12,15-16,19,26,29,31-34,38-40,51-52,59-60H,5,9,13-14,17-18,20-21,48-49H2,(H2,50,61)(H,53,62)(H,54,64)(H,55,66)(H,56,67)(H,57,65)(H,58,63)(H,68,69)/t26-,29-,31-,32-,33-,34-,38-,39-,40+/m0/s1. The maximum absolute atomic E-state index is 14.8. The molecule has 0 saturated heterocycles. The van der Waals surface area contributed by atoms with Crippen LogP contribution in [0.4, 0.5) is 0 Å². The van der Waals surface area contributed by atoms with Gasteiger partial charge in [-0.05, 0) is 48.7 Å². The summed E-state index contributed by atoms with van der Waals surface area (Å²) in [5, 5.41) is 47.1. The van der Waals surface area contributed by atoms with Gasteiger partial charge in [0.05, 0.1) is 31.2 Å². The van der Waals surface area contributed by atoms with Crippen LogP contribution in [0.3, 0.4) is 0 Å². The number of aromatic amines is 2. The average Bonchev–Trinajstić information content (AvgIpc) is 3.96. The first-order valence-corrected chi connectivity index (χ1v) is 22.5. The summed E-state index contributed by atoms with van der Waals surface area (Å²) in [5.41, 5.74) is 20.5. The molecule has 8 rings (SSSR count). The molecule has 3 aromatic carbocycles. The molecular formula is C47H55N11O12. The van der Waals surface area contributed by atoms with Crippen LogP contribution in [-0.4, -0.2) is 135 Å². The van der Waals surface area contributed by atoms with Crippen LogP contribution in [0.1, 0.15) is 53.7 Å². The van der Waals surface area contributed by atoms with Crippen molar-refractivity contribution >= 4 is 69.1 Å². The number of H-pyrrole nitrogens is 2. The van der Waals surface area contributed by atoms with Gasteiger partial charge < -0.3 is 79.1 Å². The molecule has 3 aliphatic heterocycles. The number of aliphatic hydroxyl groups excluding tert-OH is 2. The average molecular weight is 966 g/mol. The van der Waals surface area contributed by atoms with Gasteiger partial charge in [0.15, 0.2) is 6.10 Å². The Morgan fingerprint density at radius 3 is 2.27 bits per heavy atom. The molecule has 0 radical (unpaired) electrons. The van der Waals surface area contributed by atoms with Gasteiger partial charge in [0.1, 0.15) is 42.0 Å². The third-order valence-corrected chi connectivity index (χ3v) is 12.3. The zero-order valence-electron chi connectivity index (χ0n) is 37.6. The van der Waals surface area contributed by atoms with E-state index in [1.54, 1.807) is 72.8 Å². The number of nitrogens with one attached hydrogen (secondary N) is 8. The van der Waals surface area contributed by atoms with Crippen molar-refractivity contribution in [3.63, 3.8) is 0 Å². The van der Waals surface area contributed by atoms with Crippen molar-refractivity contribution in [3.8, 4) is 5.75 Å². The van der Waals surface area contributed by atoms with E-state index in [1.165, 1.54) is 6.20 Å². The van der Waals surface area contributed by atoms with Gasteiger partial charge in [0.25, 0.3) is 0 Å². The fourth-order valence-corrected chi connectivity index (χ4v) is 8.73. The highest BCUT2D eigenvalue weighted by Crippen LogP contribution is 2.37. The minimum absolute atomic E-state index is 0.0107. The number of carbonyl (C=O) groups is 8. The summed E-state index contributed by atoms with van der Waals surface area (Å²) in [6.07, 6.45) is -0.288. The fraction of sp³-hybridized carbons (Fsp3) is 0.362. The lowest BCUT2D eigenvalue weighted by Gasteiger charge is -2.33. The van der Waals surface area contributed by atoms with E-state index in [-0.39, 0.29) is 31.6 Å². The van der Waals surface area contributed by atoms with Crippen molar-refractivity contribution < 1.29 is 58.4 Å². The topological polar surface area (TPSA) is 388 Å². The van der Waals surface area contributed by atoms with Crippen molar-refractivity contribution in [1.82, 2.24) is 41.9 Å². The molecule has 0 fully saturated rings. The third kappa shape index (κ3) is 11.3. The molecule has 70 heavy (non-hydrogen) atoms. The first-order valence-electron chi connectivity index (χ1n) is 22.5. The van der Waals surface area contributed by atoms with Crippen LogP contribution in [0, 0.1) is 0 Å². The van der Waals surface area contributed by atoms with Crippen LogP contribution in [0.25, 0.3) is 21.8 Å². The molecule has 6 bridgehead atoms. The molecule has 5 heterocycles. The van der Waals surface area contributed by atoms with Gasteiger partial charge in [0.2, 0.25) is 41.4 Å². The number of primary amides is 1. The Bertz CT molecular complexity index is 2780. The number of carboxylic acids is 1. The summed E-state index contributed by atoms with van der Waals surface area (Å²) < 4.78 is 6.73. The predicted molar refractivity (Wildman–Crippen MR) is 250 cm³/mol. The minimum Gasteiger partial charge on any atom is -0.481 e. The number of amides is 7. The Labute approximate surface area is 399 Å². The molecular weight excluding hydrogens is 911 g/mol. The molecule has 0 saturated carbocycles. The van der Waals surface area contributed by atoms with Crippen molar-refractivity contribution in [3.05, 3.63) is 101 Å². The molecule has 0 spiro atoms. The molecule has 370 valence electrons. The highest BCUT2D eigenvalue weighted by molar-refractivity contribution is 5.99. The number of hydrogen-bond acceptors (Lipinski definition) is 13. The molecule has 17 N–H and O–H groups in total. The van der Waals surface area contributed by atoms with Gasteiger partial charge in [0, 0.05) is 52.5 Å². The van der Waals surface area contributed by atoms with Gasteiger partial charge in [-0.2, -0.15) is 0 Å². The monoisotopic (exact) mass is 965 g/mol. The van der Waals surface area contributed by atoms with Crippen LogP contribution >= 0.6 is 0 Å². The maximum atomic E-state index is 14.8.